The number of halogens is 1. The minimum absolute atomic E-state index is 0.397. The van der Waals surface area contributed by atoms with E-state index in [9.17, 15) is 0 Å². The van der Waals surface area contributed by atoms with E-state index in [4.69, 9.17) is 4.74 Å². The molecule has 0 spiro atoms. The number of benzene rings is 1. The molecule has 2 nitrogen and oxygen atoms in total. The zero-order valence-electron chi connectivity index (χ0n) is 11.8. The van der Waals surface area contributed by atoms with Crippen LogP contribution in [0.3, 0.4) is 0 Å². The second-order valence-electron chi connectivity index (χ2n) is 5.84. The van der Waals surface area contributed by atoms with Crippen LogP contribution < -0.4 is 10.1 Å². The van der Waals surface area contributed by atoms with Gasteiger partial charge in [-0.25, -0.2) is 0 Å². The van der Waals surface area contributed by atoms with Crippen molar-refractivity contribution >= 4 is 15.9 Å². The van der Waals surface area contributed by atoms with Crippen LogP contribution in [0.15, 0.2) is 22.7 Å². The maximum Gasteiger partial charge on any atom is 0.133 e. The van der Waals surface area contributed by atoms with Gasteiger partial charge < -0.3 is 10.1 Å². The normalized spacial score (nSPS) is 11.6. The summed E-state index contributed by atoms with van der Waals surface area (Å²) < 4.78 is 6.74. The van der Waals surface area contributed by atoms with Crippen molar-refractivity contribution in [3.8, 4) is 5.75 Å². The van der Waals surface area contributed by atoms with Crippen LogP contribution in [0.4, 0.5) is 0 Å². The molecule has 0 aromatic heterocycles. The second kappa shape index (κ2) is 7.15. The van der Waals surface area contributed by atoms with Crippen molar-refractivity contribution in [2.45, 2.75) is 34.1 Å². The number of ether oxygens (including phenoxy) is 1. The topological polar surface area (TPSA) is 21.3 Å². The summed E-state index contributed by atoms with van der Waals surface area (Å²) in [5.74, 6) is 0.915. The summed E-state index contributed by atoms with van der Waals surface area (Å²) in [4.78, 5) is 0. The van der Waals surface area contributed by atoms with Gasteiger partial charge in [0.05, 0.1) is 4.47 Å². The molecule has 0 heterocycles. The molecule has 1 rings (SSSR count). The Morgan fingerprint density at radius 2 is 1.94 bits per heavy atom. The van der Waals surface area contributed by atoms with Crippen molar-refractivity contribution in [1.29, 1.82) is 0 Å². The number of nitrogens with one attached hydrogen (secondary N) is 1. The fourth-order valence-electron chi connectivity index (χ4n) is 1.54. The molecule has 0 saturated heterocycles. The van der Waals surface area contributed by atoms with Crippen LogP contribution in [0.2, 0.25) is 0 Å². The van der Waals surface area contributed by atoms with Crippen molar-refractivity contribution in [3.05, 3.63) is 28.2 Å². The van der Waals surface area contributed by atoms with Crippen LogP contribution in [-0.4, -0.2) is 19.7 Å². The zero-order chi connectivity index (χ0) is 13.6. The predicted octanol–water partition coefficient (Wildman–Crippen LogP) is 4.16. The van der Waals surface area contributed by atoms with E-state index < -0.39 is 0 Å². The highest BCUT2D eigenvalue weighted by atomic mass is 79.9. The summed E-state index contributed by atoms with van der Waals surface area (Å²) in [6.45, 7) is 11.5. The first kappa shape index (κ1) is 15.5. The molecule has 0 unspecified atom stereocenters. The van der Waals surface area contributed by atoms with Gasteiger partial charge in [0.2, 0.25) is 0 Å². The van der Waals surface area contributed by atoms with Gasteiger partial charge in [-0.1, -0.05) is 26.8 Å². The smallest absolute Gasteiger partial charge is 0.133 e. The molecule has 0 radical (unpaired) electrons. The Bertz CT molecular complexity index is 371. The molecule has 0 amide bonds. The molecule has 102 valence electrons. The first-order valence-corrected chi connectivity index (χ1v) is 7.27. The van der Waals surface area contributed by atoms with Gasteiger partial charge in [0.25, 0.3) is 0 Å². The number of hydrogen-bond donors (Lipinski definition) is 1. The van der Waals surface area contributed by atoms with Gasteiger partial charge in [0.15, 0.2) is 0 Å². The molecule has 1 aromatic carbocycles. The highest BCUT2D eigenvalue weighted by molar-refractivity contribution is 9.10. The van der Waals surface area contributed by atoms with Crippen molar-refractivity contribution in [3.63, 3.8) is 0 Å². The van der Waals surface area contributed by atoms with Crippen molar-refractivity contribution in [2.24, 2.45) is 5.41 Å². The highest BCUT2D eigenvalue weighted by Gasteiger charge is 2.08. The largest absolute Gasteiger partial charge is 0.491 e. The van der Waals surface area contributed by atoms with Crippen LogP contribution in [0.1, 0.15) is 32.8 Å². The first-order chi connectivity index (χ1) is 8.38. The van der Waals surface area contributed by atoms with Crippen LogP contribution >= 0.6 is 15.9 Å². The summed E-state index contributed by atoms with van der Waals surface area (Å²) in [5.41, 5.74) is 1.63. The SMILES string of the molecule is Cc1ccc(OCCNCCC(C)(C)C)c(Br)c1. The molecule has 1 aromatic rings. The summed E-state index contributed by atoms with van der Waals surface area (Å²) >= 11 is 3.51. The fraction of sp³-hybridized carbons (Fsp3) is 0.600. The first-order valence-electron chi connectivity index (χ1n) is 6.48. The Hall–Kier alpha value is -0.540. The lowest BCUT2D eigenvalue weighted by molar-refractivity contribution is 0.302. The summed E-state index contributed by atoms with van der Waals surface area (Å²) in [7, 11) is 0. The van der Waals surface area contributed by atoms with E-state index in [0.29, 0.717) is 12.0 Å². The van der Waals surface area contributed by atoms with Gasteiger partial charge in [-0.3, -0.25) is 0 Å². The predicted molar refractivity (Wildman–Crippen MR) is 81.3 cm³/mol. The number of hydrogen-bond acceptors (Lipinski definition) is 2. The maximum atomic E-state index is 5.71. The molecule has 0 aliphatic heterocycles. The lowest BCUT2D eigenvalue weighted by atomic mass is 9.92. The lowest BCUT2D eigenvalue weighted by Crippen LogP contribution is -2.25. The Morgan fingerprint density at radius 1 is 1.22 bits per heavy atom. The second-order valence-corrected chi connectivity index (χ2v) is 6.70. The minimum Gasteiger partial charge on any atom is -0.491 e. The molecule has 0 fully saturated rings. The van der Waals surface area contributed by atoms with E-state index in [1.165, 1.54) is 12.0 Å². The molecule has 0 atom stereocenters. The van der Waals surface area contributed by atoms with Crippen LogP contribution in [0, 0.1) is 12.3 Å². The number of aryl methyl sites for hydroxylation is 1. The van der Waals surface area contributed by atoms with Crippen molar-refractivity contribution in [1.82, 2.24) is 5.32 Å². The third-order valence-corrected chi connectivity index (χ3v) is 3.30. The van der Waals surface area contributed by atoms with Crippen molar-refractivity contribution in [2.75, 3.05) is 19.7 Å². The highest BCUT2D eigenvalue weighted by Crippen LogP contribution is 2.25. The van der Waals surface area contributed by atoms with E-state index in [2.05, 4.69) is 61.1 Å². The average Bonchev–Trinajstić information content (AvgIpc) is 2.24. The third kappa shape index (κ3) is 6.41. The molecule has 0 saturated carbocycles. The summed E-state index contributed by atoms with van der Waals surface area (Å²) in [5, 5.41) is 3.40. The standard InChI is InChI=1S/C15H24BrNO/c1-12-5-6-14(13(16)11-12)18-10-9-17-8-7-15(2,3)4/h5-6,11,17H,7-10H2,1-4H3. The maximum absolute atomic E-state index is 5.71. The van der Waals surface area contributed by atoms with E-state index in [-0.39, 0.29) is 0 Å². The molecule has 18 heavy (non-hydrogen) atoms. The lowest BCUT2D eigenvalue weighted by Gasteiger charge is -2.18. The Labute approximate surface area is 119 Å². The van der Waals surface area contributed by atoms with Crippen LogP contribution in [0.25, 0.3) is 0 Å². The van der Waals surface area contributed by atoms with Crippen molar-refractivity contribution < 1.29 is 4.74 Å². The van der Waals surface area contributed by atoms with Gasteiger partial charge in [0, 0.05) is 6.54 Å². The quantitative estimate of drug-likeness (QED) is 0.796. The van der Waals surface area contributed by atoms with Gasteiger partial charge in [-0.15, -0.1) is 0 Å². The van der Waals surface area contributed by atoms with E-state index in [1.807, 2.05) is 6.07 Å². The van der Waals surface area contributed by atoms with Gasteiger partial charge >= 0.3 is 0 Å². The minimum atomic E-state index is 0.397. The average molecular weight is 314 g/mol. The number of rotatable bonds is 6. The Kier molecular flexibility index (Phi) is 6.16. The third-order valence-electron chi connectivity index (χ3n) is 2.68. The Morgan fingerprint density at radius 3 is 2.56 bits per heavy atom. The van der Waals surface area contributed by atoms with Gasteiger partial charge in [-0.05, 0) is 58.9 Å². The van der Waals surface area contributed by atoms with Gasteiger partial charge in [0.1, 0.15) is 12.4 Å². The molecule has 3 heteroatoms. The molecule has 0 aliphatic rings. The summed E-state index contributed by atoms with van der Waals surface area (Å²) in [6.07, 6.45) is 1.18. The molecule has 1 N–H and O–H groups in total. The zero-order valence-corrected chi connectivity index (χ0v) is 13.4. The van der Waals surface area contributed by atoms with Gasteiger partial charge in [-0.2, -0.15) is 0 Å². The fourth-order valence-corrected chi connectivity index (χ4v) is 2.15. The summed E-state index contributed by atoms with van der Waals surface area (Å²) in [6, 6.07) is 6.14. The van der Waals surface area contributed by atoms with Crippen LogP contribution in [-0.2, 0) is 0 Å². The molecular weight excluding hydrogens is 290 g/mol. The van der Waals surface area contributed by atoms with E-state index in [1.54, 1.807) is 0 Å². The van der Waals surface area contributed by atoms with E-state index >= 15 is 0 Å². The molecule has 0 aliphatic carbocycles. The van der Waals surface area contributed by atoms with E-state index in [0.717, 1.165) is 23.3 Å². The monoisotopic (exact) mass is 313 g/mol. The molecular formula is C15H24BrNO. The molecule has 0 bridgehead atoms. The Balaban J connectivity index is 2.18. The van der Waals surface area contributed by atoms with Crippen LogP contribution in [0.5, 0.6) is 5.75 Å².